The lowest BCUT2D eigenvalue weighted by atomic mass is 10.2. The van der Waals surface area contributed by atoms with Crippen LogP contribution in [-0.2, 0) is 6.54 Å². The number of nitro benzene ring substituents is 1. The number of rotatable bonds is 7. The SMILES string of the molecule is C=CCCNCc1ccc(OC)c([N+](=O)[O-])c1. The molecule has 0 atom stereocenters. The van der Waals surface area contributed by atoms with Gasteiger partial charge < -0.3 is 10.1 Å². The number of nitrogens with zero attached hydrogens (tertiary/aromatic N) is 1. The number of methoxy groups -OCH3 is 1. The van der Waals surface area contributed by atoms with Crippen molar-refractivity contribution in [3.8, 4) is 5.75 Å². The minimum Gasteiger partial charge on any atom is -0.490 e. The summed E-state index contributed by atoms with van der Waals surface area (Å²) in [5.41, 5.74) is 0.858. The molecule has 17 heavy (non-hydrogen) atoms. The van der Waals surface area contributed by atoms with Crippen LogP contribution in [0.3, 0.4) is 0 Å². The molecule has 0 aromatic heterocycles. The molecule has 0 amide bonds. The summed E-state index contributed by atoms with van der Waals surface area (Å²) in [6.07, 6.45) is 2.70. The van der Waals surface area contributed by atoms with Crippen LogP contribution in [0.2, 0.25) is 0 Å². The van der Waals surface area contributed by atoms with Crippen LogP contribution in [0.25, 0.3) is 0 Å². The zero-order valence-corrected chi connectivity index (χ0v) is 9.81. The highest BCUT2D eigenvalue weighted by Gasteiger charge is 2.14. The van der Waals surface area contributed by atoms with Crippen LogP contribution < -0.4 is 10.1 Å². The summed E-state index contributed by atoms with van der Waals surface area (Å²) in [4.78, 5) is 10.4. The van der Waals surface area contributed by atoms with E-state index in [-0.39, 0.29) is 11.4 Å². The Morgan fingerprint density at radius 1 is 1.59 bits per heavy atom. The van der Waals surface area contributed by atoms with Crippen molar-refractivity contribution < 1.29 is 9.66 Å². The zero-order valence-electron chi connectivity index (χ0n) is 9.81. The number of hydrogen-bond donors (Lipinski definition) is 1. The first-order chi connectivity index (χ1) is 8.19. The summed E-state index contributed by atoms with van der Waals surface area (Å²) in [7, 11) is 1.42. The molecule has 0 saturated heterocycles. The second-order valence-electron chi connectivity index (χ2n) is 3.52. The van der Waals surface area contributed by atoms with Gasteiger partial charge in [-0.15, -0.1) is 6.58 Å². The van der Waals surface area contributed by atoms with Gasteiger partial charge >= 0.3 is 5.69 Å². The monoisotopic (exact) mass is 236 g/mol. The van der Waals surface area contributed by atoms with Gasteiger partial charge in [-0.25, -0.2) is 0 Å². The van der Waals surface area contributed by atoms with Crippen LogP contribution in [0.1, 0.15) is 12.0 Å². The van der Waals surface area contributed by atoms with Crippen LogP contribution in [0.5, 0.6) is 5.75 Å². The fourth-order valence-corrected chi connectivity index (χ4v) is 1.43. The lowest BCUT2D eigenvalue weighted by Gasteiger charge is -2.06. The maximum absolute atomic E-state index is 10.8. The van der Waals surface area contributed by atoms with E-state index >= 15 is 0 Å². The molecule has 1 aromatic rings. The van der Waals surface area contributed by atoms with Crippen molar-refractivity contribution in [2.24, 2.45) is 0 Å². The first-order valence-electron chi connectivity index (χ1n) is 5.32. The summed E-state index contributed by atoms with van der Waals surface area (Å²) < 4.78 is 4.93. The third kappa shape index (κ3) is 3.88. The van der Waals surface area contributed by atoms with Gasteiger partial charge in [0.05, 0.1) is 12.0 Å². The second-order valence-corrected chi connectivity index (χ2v) is 3.52. The molecule has 5 nitrogen and oxygen atoms in total. The van der Waals surface area contributed by atoms with Crippen molar-refractivity contribution in [3.05, 3.63) is 46.5 Å². The highest BCUT2D eigenvalue weighted by atomic mass is 16.6. The van der Waals surface area contributed by atoms with Gasteiger partial charge in [-0.1, -0.05) is 12.1 Å². The van der Waals surface area contributed by atoms with Crippen LogP contribution in [0, 0.1) is 10.1 Å². The average Bonchev–Trinajstić information content (AvgIpc) is 2.34. The number of hydrogen-bond acceptors (Lipinski definition) is 4. The molecular weight excluding hydrogens is 220 g/mol. The maximum Gasteiger partial charge on any atom is 0.311 e. The number of benzene rings is 1. The smallest absolute Gasteiger partial charge is 0.311 e. The summed E-state index contributed by atoms with van der Waals surface area (Å²) in [5, 5.41) is 14.0. The van der Waals surface area contributed by atoms with E-state index in [1.165, 1.54) is 13.2 Å². The third-order valence-corrected chi connectivity index (χ3v) is 2.29. The maximum atomic E-state index is 10.8. The highest BCUT2D eigenvalue weighted by Crippen LogP contribution is 2.27. The van der Waals surface area contributed by atoms with Gasteiger partial charge in [-0.2, -0.15) is 0 Å². The summed E-state index contributed by atoms with van der Waals surface area (Å²) in [6, 6.07) is 4.95. The Morgan fingerprint density at radius 2 is 2.35 bits per heavy atom. The van der Waals surface area contributed by atoms with Gasteiger partial charge in [-0.3, -0.25) is 10.1 Å². The first-order valence-corrected chi connectivity index (χ1v) is 5.32. The Labute approximate surface area is 100 Å². The molecule has 0 unspecified atom stereocenters. The molecule has 0 saturated carbocycles. The van der Waals surface area contributed by atoms with E-state index in [1.807, 2.05) is 12.1 Å². The van der Waals surface area contributed by atoms with E-state index in [2.05, 4.69) is 11.9 Å². The molecule has 0 aliphatic heterocycles. The Balaban J connectivity index is 2.71. The van der Waals surface area contributed by atoms with E-state index in [0.29, 0.717) is 6.54 Å². The van der Waals surface area contributed by atoms with E-state index < -0.39 is 4.92 Å². The van der Waals surface area contributed by atoms with E-state index in [4.69, 9.17) is 4.74 Å². The van der Waals surface area contributed by atoms with Gasteiger partial charge in [0.1, 0.15) is 0 Å². The van der Waals surface area contributed by atoms with Crippen molar-refractivity contribution in [3.63, 3.8) is 0 Å². The fraction of sp³-hybridized carbons (Fsp3) is 0.333. The van der Waals surface area contributed by atoms with E-state index in [0.717, 1.165) is 18.5 Å². The van der Waals surface area contributed by atoms with Gasteiger partial charge in [0.2, 0.25) is 0 Å². The van der Waals surface area contributed by atoms with Gasteiger partial charge in [-0.05, 0) is 24.6 Å². The normalized spacial score (nSPS) is 9.94. The van der Waals surface area contributed by atoms with Crippen molar-refractivity contribution in [1.29, 1.82) is 0 Å². The minimum absolute atomic E-state index is 0.00415. The molecule has 0 heterocycles. The Kier molecular flexibility index (Phi) is 5.16. The zero-order chi connectivity index (χ0) is 12.7. The van der Waals surface area contributed by atoms with Crippen molar-refractivity contribution in [2.45, 2.75) is 13.0 Å². The topological polar surface area (TPSA) is 64.4 Å². The van der Waals surface area contributed by atoms with Gasteiger partial charge in [0.15, 0.2) is 5.75 Å². The molecule has 0 aliphatic rings. The Bertz CT molecular complexity index is 405. The Morgan fingerprint density at radius 3 is 2.94 bits per heavy atom. The summed E-state index contributed by atoms with van der Waals surface area (Å²) in [6.45, 7) is 5.02. The molecule has 0 aliphatic carbocycles. The second kappa shape index (κ2) is 6.65. The molecule has 0 bridgehead atoms. The predicted molar refractivity (Wildman–Crippen MR) is 66.2 cm³/mol. The first kappa shape index (κ1) is 13.2. The third-order valence-electron chi connectivity index (χ3n) is 2.29. The van der Waals surface area contributed by atoms with Crippen LogP contribution in [-0.4, -0.2) is 18.6 Å². The minimum atomic E-state index is -0.438. The lowest BCUT2D eigenvalue weighted by molar-refractivity contribution is -0.385. The molecule has 0 fully saturated rings. The largest absolute Gasteiger partial charge is 0.490 e. The molecule has 1 N–H and O–H groups in total. The van der Waals surface area contributed by atoms with Crippen molar-refractivity contribution in [1.82, 2.24) is 5.32 Å². The molecular formula is C12H16N2O3. The number of ether oxygens (including phenoxy) is 1. The average molecular weight is 236 g/mol. The molecule has 1 aromatic carbocycles. The van der Waals surface area contributed by atoms with Crippen molar-refractivity contribution >= 4 is 5.69 Å². The number of nitrogens with one attached hydrogen (secondary N) is 1. The fourth-order valence-electron chi connectivity index (χ4n) is 1.43. The Hall–Kier alpha value is -1.88. The highest BCUT2D eigenvalue weighted by molar-refractivity contribution is 5.48. The van der Waals surface area contributed by atoms with E-state index in [9.17, 15) is 10.1 Å². The van der Waals surface area contributed by atoms with Crippen LogP contribution in [0.15, 0.2) is 30.9 Å². The molecule has 5 heteroatoms. The molecule has 0 radical (unpaired) electrons. The quantitative estimate of drug-likeness (QED) is 0.341. The summed E-state index contributed by atoms with van der Waals surface area (Å²) in [5.74, 6) is 0.282. The molecule has 92 valence electrons. The summed E-state index contributed by atoms with van der Waals surface area (Å²) >= 11 is 0. The molecule has 1 rings (SSSR count). The lowest BCUT2D eigenvalue weighted by Crippen LogP contribution is -2.14. The van der Waals surface area contributed by atoms with E-state index in [1.54, 1.807) is 6.07 Å². The predicted octanol–water partition coefficient (Wildman–Crippen LogP) is 2.27. The van der Waals surface area contributed by atoms with Gasteiger partial charge in [0, 0.05) is 12.6 Å². The standard InChI is InChI=1S/C12H16N2O3/c1-3-4-7-13-9-10-5-6-12(17-2)11(8-10)14(15)16/h3,5-6,8,13H,1,4,7,9H2,2H3. The van der Waals surface area contributed by atoms with Gasteiger partial charge in [0.25, 0.3) is 0 Å². The van der Waals surface area contributed by atoms with Crippen molar-refractivity contribution in [2.75, 3.05) is 13.7 Å². The molecule has 0 spiro atoms. The van der Waals surface area contributed by atoms with Crippen LogP contribution in [0.4, 0.5) is 5.69 Å². The number of nitro groups is 1. The van der Waals surface area contributed by atoms with Crippen LogP contribution >= 0.6 is 0 Å².